The maximum atomic E-state index is 12.1. The van der Waals surface area contributed by atoms with Gasteiger partial charge in [0.1, 0.15) is 6.54 Å². The lowest BCUT2D eigenvalue weighted by molar-refractivity contribution is 0.216. The monoisotopic (exact) mass is 390 g/mol. The van der Waals surface area contributed by atoms with Crippen molar-refractivity contribution >= 4 is 45.7 Å². The van der Waals surface area contributed by atoms with Gasteiger partial charge in [0.25, 0.3) is 0 Å². The molecule has 0 atom stereocenters. The third kappa shape index (κ3) is 3.60. The second-order valence-corrected chi connectivity index (χ2v) is 7.77. The molecule has 1 aromatic carbocycles. The van der Waals surface area contributed by atoms with Crippen LogP contribution in [0.3, 0.4) is 0 Å². The number of benzene rings is 1. The molecule has 25 heavy (non-hydrogen) atoms. The molecular formula is C16H11ClN4O2S2. The van der Waals surface area contributed by atoms with Crippen molar-refractivity contribution in [3.63, 3.8) is 0 Å². The van der Waals surface area contributed by atoms with E-state index in [-0.39, 0.29) is 11.8 Å². The third-order valence-electron chi connectivity index (χ3n) is 3.41. The van der Waals surface area contributed by atoms with Crippen LogP contribution in [0.1, 0.15) is 10.8 Å². The summed E-state index contributed by atoms with van der Waals surface area (Å²) >= 11 is 8.61. The van der Waals surface area contributed by atoms with Crippen LogP contribution in [0.2, 0.25) is 4.34 Å². The molecule has 0 radical (unpaired) electrons. The summed E-state index contributed by atoms with van der Waals surface area (Å²) in [6.45, 7) is 0.133. The lowest BCUT2D eigenvalue weighted by atomic mass is 10.2. The van der Waals surface area contributed by atoms with Crippen molar-refractivity contribution in [2.24, 2.45) is 5.10 Å². The van der Waals surface area contributed by atoms with Crippen molar-refractivity contribution in [2.45, 2.75) is 6.54 Å². The smallest absolute Gasteiger partial charge is 0.302 e. The third-order valence-corrected chi connectivity index (χ3v) is 5.57. The van der Waals surface area contributed by atoms with Gasteiger partial charge in [-0.2, -0.15) is 5.10 Å². The second-order valence-electron chi connectivity index (χ2n) is 5.13. The van der Waals surface area contributed by atoms with Crippen LogP contribution >= 0.6 is 34.7 Å². The number of carbonyl (C=O) groups excluding carboxylic acids is 1. The molecule has 0 bridgehead atoms. The second kappa shape index (κ2) is 6.99. The molecule has 6 nitrogen and oxygen atoms in total. The van der Waals surface area contributed by atoms with Gasteiger partial charge in [0.15, 0.2) is 0 Å². The summed E-state index contributed by atoms with van der Waals surface area (Å²) in [7, 11) is 0. The van der Waals surface area contributed by atoms with E-state index in [1.165, 1.54) is 28.1 Å². The van der Waals surface area contributed by atoms with Crippen LogP contribution in [0.15, 0.2) is 52.0 Å². The molecule has 4 rings (SSSR count). The predicted molar refractivity (Wildman–Crippen MR) is 99.0 cm³/mol. The van der Waals surface area contributed by atoms with Crippen LogP contribution < -0.4 is 0 Å². The number of aromatic nitrogens is 2. The van der Waals surface area contributed by atoms with Crippen LogP contribution in [-0.4, -0.2) is 31.9 Å². The van der Waals surface area contributed by atoms with Crippen LogP contribution in [0, 0.1) is 0 Å². The first-order chi connectivity index (χ1) is 12.2. The molecule has 9 heteroatoms. The largest absolute Gasteiger partial charge is 0.419 e. The highest BCUT2D eigenvalue weighted by Gasteiger charge is 2.25. The number of hydrogen-bond acceptors (Lipinski definition) is 7. The molecule has 3 aromatic rings. The van der Waals surface area contributed by atoms with Gasteiger partial charge >= 0.3 is 5.24 Å². The van der Waals surface area contributed by atoms with E-state index in [0.29, 0.717) is 21.9 Å². The molecular weight excluding hydrogens is 380 g/mol. The zero-order valence-electron chi connectivity index (χ0n) is 12.8. The Kier molecular flexibility index (Phi) is 4.56. The number of hydrazone groups is 1. The zero-order chi connectivity index (χ0) is 17.2. The molecule has 0 N–H and O–H groups in total. The van der Waals surface area contributed by atoms with Gasteiger partial charge < -0.3 is 4.42 Å². The van der Waals surface area contributed by atoms with Crippen LogP contribution in [-0.2, 0) is 6.54 Å². The van der Waals surface area contributed by atoms with E-state index < -0.39 is 0 Å². The Bertz CT molecular complexity index is 939. The summed E-state index contributed by atoms with van der Waals surface area (Å²) in [6.07, 6.45) is 0. The van der Waals surface area contributed by atoms with E-state index in [9.17, 15) is 4.79 Å². The fraction of sp³-hybridized carbons (Fsp3) is 0.125. The fourth-order valence-corrected chi connectivity index (χ4v) is 4.10. The Morgan fingerprint density at radius 3 is 2.76 bits per heavy atom. The number of nitrogens with zero attached hydrogens (tertiary/aromatic N) is 4. The highest BCUT2D eigenvalue weighted by atomic mass is 35.5. The van der Waals surface area contributed by atoms with E-state index in [1.54, 1.807) is 0 Å². The van der Waals surface area contributed by atoms with Crippen molar-refractivity contribution in [1.29, 1.82) is 0 Å². The van der Waals surface area contributed by atoms with Gasteiger partial charge in [-0.1, -0.05) is 41.6 Å². The average Bonchev–Trinajstić information content (AvgIpc) is 3.27. The normalized spacial score (nSPS) is 14.7. The van der Waals surface area contributed by atoms with Gasteiger partial charge in [0.05, 0.1) is 14.9 Å². The standard InChI is InChI=1S/C16H11ClN4O2S2/c17-13-7-6-12(25-13)11-9-24-16(22)21(20-11)8-14-18-19-15(23-14)10-4-2-1-3-5-10/h1-7H,8-9H2. The number of halogens is 1. The van der Waals surface area contributed by atoms with E-state index in [4.69, 9.17) is 16.0 Å². The van der Waals surface area contributed by atoms with Gasteiger partial charge in [0.2, 0.25) is 11.8 Å². The highest BCUT2D eigenvalue weighted by molar-refractivity contribution is 8.14. The van der Waals surface area contributed by atoms with Crippen molar-refractivity contribution in [2.75, 3.05) is 5.75 Å². The van der Waals surface area contributed by atoms with Crippen molar-refractivity contribution in [3.8, 4) is 11.5 Å². The summed E-state index contributed by atoms with van der Waals surface area (Å²) in [5, 5.41) is 13.7. The Morgan fingerprint density at radius 2 is 2.00 bits per heavy atom. The number of amides is 1. The van der Waals surface area contributed by atoms with Crippen molar-refractivity contribution < 1.29 is 9.21 Å². The molecule has 0 unspecified atom stereocenters. The maximum absolute atomic E-state index is 12.1. The molecule has 126 valence electrons. The van der Waals surface area contributed by atoms with Crippen molar-refractivity contribution in [1.82, 2.24) is 15.2 Å². The fourth-order valence-electron chi connectivity index (χ4n) is 2.25. The maximum Gasteiger partial charge on any atom is 0.302 e. The summed E-state index contributed by atoms with van der Waals surface area (Å²) in [5.74, 6) is 1.27. The van der Waals surface area contributed by atoms with E-state index in [0.717, 1.165) is 16.2 Å². The number of thiophene rings is 1. The topological polar surface area (TPSA) is 71.6 Å². The predicted octanol–water partition coefficient (Wildman–Crippen LogP) is 4.52. The van der Waals surface area contributed by atoms with E-state index in [2.05, 4.69) is 15.3 Å². The van der Waals surface area contributed by atoms with Gasteiger partial charge in [-0.3, -0.25) is 4.79 Å². The number of thioether (sulfide) groups is 1. The minimum Gasteiger partial charge on any atom is -0.419 e. The van der Waals surface area contributed by atoms with Crippen molar-refractivity contribution in [3.05, 3.63) is 57.6 Å². The van der Waals surface area contributed by atoms with E-state index >= 15 is 0 Å². The Morgan fingerprint density at radius 1 is 1.16 bits per heavy atom. The minimum absolute atomic E-state index is 0.133. The minimum atomic E-state index is -0.147. The van der Waals surface area contributed by atoms with Gasteiger partial charge in [-0.25, -0.2) is 5.01 Å². The van der Waals surface area contributed by atoms with Gasteiger partial charge in [0, 0.05) is 11.3 Å². The molecule has 2 aromatic heterocycles. The molecule has 1 aliphatic rings. The number of hydrogen-bond donors (Lipinski definition) is 0. The van der Waals surface area contributed by atoms with Gasteiger partial charge in [-0.15, -0.1) is 21.5 Å². The molecule has 1 amide bonds. The Hall–Kier alpha value is -2.16. The SMILES string of the molecule is O=C1SCC(c2ccc(Cl)s2)=NN1Cc1nnc(-c2ccccc2)o1. The Balaban J connectivity index is 1.55. The quantitative estimate of drug-likeness (QED) is 0.654. The van der Waals surface area contributed by atoms with Crippen LogP contribution in [0.25, 0.3) is 11.5 Å². The summed E-state index contributed by atoms with van der Waals surface area (Å²) < 4.78 is 6.34. The molecule has 0 spiro atoms. The first kappa shape index (κ1) is 16.3. The van der Waals surface area contributed by atoms with Crippen LogP contribution in [0.4, 0.5) is 4.79 Å². The first-order valence-electron chi connectivity index (χ1n) is 7.34. The lowest BCUT2D eigenvalue weighted by Crippen LogP contribution is -2.29. The highest BCUT2D eigenvalue weighted by Crippen LogP contribution is 2.27. The number of rotatable bonds is 4. The molecule has 0 aliphatic carbocycles. The summed E-state index contributed by atoms with van der Waals surface area (Å²) in [4.78, 5) is 13.1. The number of carbonyl (C=O) groups is 1. The van der Waals surface area contributed by atoms with Gasteiger partial charge in [-0.05, 0) is 24.3 Å². The molecule has 3 heterocycles. The summed E-state index contributed by atoms with van der Waals surface area (Å²) in [6, 6.07) is 13.2. The Labute approximate surface area is 156 Å². The first-order valence-corrected chi connectivity index (χ1v) is 9.52. The lowest BCUT2D eigenvalue weighted by Gasteiger charge is -2.20. The zero-order valence-corrected chi connectivity index (χ0v) is 15.1. The average molecular weight is 391 g/mol. The van der Waals surface area contributed by atoms with E-state index in [1.807, 2.05) is 42.5 Å². The molecule has 0 saturated heterocycles. The summed E-state index contributed by atoms with van der Waals surface area (Å²) in [5.41, 5.74) is 1.64. The molecule has 0 saturated carbocycles. The van der Waals surface area contributed by atoms with Crippen LogP contribution in [0.5, 0.6) is 0 Å². The molecule has 1 aliphatic heterocycles. The molecule has 0 fully saturated rings.